The van der Waals surface area contributed by atoms with Crippen LogP contribution >= 0.6 is 24.8 Å². The minimum absolute atomic E-state index is 0. The number of hydrogen-bond donors (Lipinski definition) is 0. The number of hydrogen-bond acceptors (Lipinski definition) is 0. The molecule has 0 spiro atoms. The average Bonchev–Trinajstić information content (AvgIpc) is 0.811. The van der Waals surface area contributed by atoms with Gasteiger partial charge in [-0.05, 0) is 0 Å². The van der Waals surface area contributed by atoms with E-state index in [-0.39, 0.29) is 65.4 Å². The summed E-state index contributed by atoms with van der Waals surface area (Å²) in [6, 6.07) is 0. The Balaban J connectivity index is -0.0000000150. The molecule has 0 aliphatic heterocycles. The van der Waals surface area contributed by atoms with E-state index in [1.54, 1.807) is 0 Å². The van der Waals surface area contributed by atoms with Crippen molar-refractivity contribution in [2.75, 3.05) is 0 Å². The fraction of sp³-hybridized carbons (Fsp3) is 1.00. The zero-order chi connectivity index (χ0) is 3.58. The van der Waals surface area contributed by atoms with E-state index in [0.717, 1.165) is 0 Å². The van der Waals surface area contributed by atoms with Crippen molar-refractivity contribution in [1.29, 1.82) is 0 Å². The van der Waals surface area contributed by atoms with Gasteiger partial charge in [0.1, 0.15) is 0 Å². The molecule has 4 heteroatoms. The normalized spacial score (nSPS) is 5.14. The van der Waals surface area contributed by atoms with Gasteiger partial charge >= 0.3 is 31.6 Å². The van der Waals surface area contributed by atoms with Crippen LogP contribution in [-0.4, -0.2) is 14.3 Å². The van der Waals surface area contributed by atoms with Crippen molar-refractivity contribution in [1.82, 2.24) is 0 Å². The molecule has 0 fully saturated rings. The molecule has 7 heavy (non-hydrogen) atoms. The maximum absolute atomic E-state index is 2.33. The third-order valence-electron chi connectivity index (χ3n) is 0. The Morgan fingerprint density at radius 1 is 0.857 bits per heavy atom. The minimum atomic E-state index is -0.333. The molecular weight excluding hydrogens is 271 g/mol. The van der Waals surface area contributed by atoms with Gasteiger partial charge in [-0.1, -0.05) is 0 Å². The Kier molecular flexibility index (Phi) is 51.6. The molecule has 0 saturated heterocycles. The molecule has 0 N–H and O–H groups in total. The van der Waals surface area contributed by atoms with E-state index in [0.29, 0.717) is 0 Å². The summed E-state index contributed by atoms with van der Waals surface area (Å²) < 4.78 is 0. The van der Waals surface area contributed by atoms with Crippen LogP contribution in [0.15, 0.2) is 0 Å². The molecule has 0 aliphatic rings. The van der Waals surface area contributed by atoms with Crippen LogP contribution in [0.4, 0.5) is 0 Å². The van der Waals surface area contributed by atoms with Crippen molar-refractivity contribution in [3.05, 3.63) is 0 Å². The standard InChI is InChI=1S/C3H9Ge.2ClH.Zr/c1-4(2)3;;;/h1-3H3;2*1H;. The summed E-state index contributed by atoms with van der Waals surface area (Å²) in [6.45, 7) is 0. The first-order valence-corrected chi connectivity index (χ1v) is 7.79. The first-order valence-electron chi connectivity index (χ1n) is 1.50. The predicted octanol–water partition coefficient (Wildman–Crippen LogP) is 2.21. The van der Waals surface area contributed by atoms with Gasteiger partial charge in [-0.2, -0.15) is 0 Å². The molecule has 0 atom stereocenters. The molecule has 45 valence electrons. The van der Waals surface area contributed by atoms with Gasteiger partial charge in [0, 0.05) is 26.2 Å². The molecule has 1 radical (unpaired) electrons. The molecule has 0 rings (SSSR count). The van der Waals surface area contributed by atoms with Crippen LogP contribution in [0.5, 0.6) is 0 Å². The van der Waals surface area contributed by atoms with Gasteiger partial charge in [-0.25, -0.2) is 0 Å². The SMILES string of the molecule is Cl.Cl.[CH3][Ge]([CH3])[CH3].[Zr]. The second-order valence-electron chi connectivity index (χ2n) is 1.50. The van der Waals surface area contributed by atoms with E-state index in [9.17, 15) is 0 Å². The summed E-state index contributed by atoms with van der Waals surface area (Å²) in [5.74, 6) is 7.00. The molecular formula is C3H11Cl2GeZr. The first-order chi connectivity index (χ1) is 1.73. The monoisotopic (exact) mass is 281 g/mol. The molecule has 0 saturated carbocycles. The van der Waals surface area contributed by atoms with E-state index in [4.69, 9.17) is 0 Å². The Morgan fingerprint density at radius 2 is 0.857 bits per heavy atom. The summed E-state index contributed by atoms with van der Waals surface area (Å²) in [5.41, 5.74) is 0. The summed E-state index contributed by atoms with van der Waals surface area (Å²) >= 11 is -0.333. The molecule has 0 aliphatic carbocycles. The summed E-state index contributed by atoms with van der Waals surface area (Å²) in [4.78, 5) is 0. The second-order valence-corrected chi connectivity index (χ2v) is 7.79. The number of rotatable bonds is 0. The summed E-state index contributed by atoms with van der Waals surface area (Å²) in [6.07, 6.45) is 0. The van der Waals surface area contributed by atoms with E-state index < -0.39 is 0 Å². The zero-order valence-corrected chi connectivity index (χ0v) is 11.0. The maximum atomic E-state index is 2.33. The molecule has 0 unspecified atom stereocenters. The predicted molar refractivity (Wildman–Crippen MR) is 37.8 cm³/mol. The van der Waals surface area contributed by atoms with Gasteiger partial charge in [-0.15, -0.1) is 24.8 Å². The van der Waals surface area contributed by atoms with Crippen molar-refractivity contribution < 1.29 is 26.2 Å². The third-order valence-corrected chi connectivity index (χ3v) is 0. The van der Waals surface area contributed by atoms with Crippen LogP contribution in [-0.2, 0) is 26.2 Å². The Morgan fingerprint density at radius 3 is 0.857 bits per heavy atom. The molecule has 0 amide bonds. The van der Waals surface area contributed by atoms with Gasteiger partial charge < -0.3 is 0 Å². The summed E-state index contributed by atoms with van der Waals surface area (Å²) in [5, 5.41) is 0. The quantitative estimate of drug-likeness (QED) is 0.597. The van der Waals surface area contributed by atoms with Crippen LogP contribution in [0.2, 0.25) is 17.3 Å². The van der Waals surface area contributed by atoms with E-state index >= 15 is 0 Å². The van der Waals surface area contributed by atoms with Crippen molar-refractivity contribution in [3.63, 3.8) is 0 Å². The van der Waals surface area contributed by atoms with Crippen LogP contribution in [0, 0.1) is 0 Å². The number of halogens is 2. The van der Waals surface area contributed by atoms with Crippen LogP contribution in [0.1, 0.15) is 0 Å². The molecule has 0 bridgehead atoms. The topological polar surface area (TPSA) is 0 Å². The molecule has 0 nitrogen and oxygen atoms in total. The smallest absolute Gasteiger partial charge is 0 e. The molecule has 0 heterocycles. The van der Waals surface area contributed by atoms with Crippen LogP contribution < -0.4 is 0 Å². The summed E-state index contributed by atoms with van der Waals surface area (Å²) in [7, 11) is 0. The van der Waals surface area contributed by atoms with E-state index in [2.05, 4.69) is 17.3 Å². The fourth-order valence-corrected chi connectivity index (χ4v) is 0. The first kappa shape index (κ1) is 23.0. The molecule has 0 aromatic rings. The Labute approximate surface area is 81.9 Å². The maximum Gasteiger partial charge on any atom is 0 e. The van der Waals surface area contributed by atoms with Crippen molar-refractivity contribution in [2.45, 2.75) is 17.3 Å². The minimum Gasteiger partial charge on any atom is 0 e. The van der Waals surface area contributed by atoms with E-state index in [1.165, 1.54) is 0 Å². The zero-order valence-electron chi connectivity index (χ0n) is 4.82. The largest absolute Gasteiger partial charge is 0 e. The Hall–Kier alpha value is 2.01. The van der Waals surface area contributed by atoms with Crippen molar-refractivity contribution in [2.24, 2.45) is 0 Å². The molecule has 0 aromatic heterocycles. The van der Waals surface area contributed by atoms with Crippen molar-refractivity contribution >= 4 is 39.2 Å². The second kappa shape index (κ2) is 15.7. The van der Waals surface area contributed by atoms with Gasteiger partial charge in [0.25, 0.3) is 0 Å². The van der Waals surface area contributed by atoms with Gasteiger partial charge in [-0.3, -0.25) is 0 Å². The van der Waals surface area contributed by atoms with Gasteiger partial charge in [0.05, 0.1) is 0 Å². The van der Waals surface area contributed by atoms with E-state index in [1.807, 2.05) is 0 Å². The van der Waals surface area contributed by atoms with Gasteiger partial charge in [0.2, 0.25) is 0 Å². The third kappa shape index (κ3) is 71.8. The fourth-order valence-electron chi connectivity index (χ4n) is 0. The van der Waals surface area contributed by atoms with Crippen LogP contribution in [0.3, 0.4) is 0 Å². The Bertz CT molecular complexity index is 17.7. The van der Waals surface area contributed by atoms with Crippen LogP contribution in [0.25, 0.3) is 0 Å². The van der Waals surface area contributed by atoms with Gasteiger partial charge in [0.15, 0.2) is 0 Å². The van der Waals surface area contributed by atoms with Crippen molar-refractivity contribution in [3.8, 4) is 0 Å². The average molecular weight is 282 g/mol. The molecule has 0 aromatic carbocycles.